The molecule has 1 aliphatic heterocycles. The molecule has 0 aliphatic carbocycles. The highest BCUT2D eigenvalue weighted by Gasteiger charge is 2.25. The molecule has 0 atom stereocenters. The summed E-state index contributed by atoms with van der Waals surface area (Å²) in [5.41, 5.74) is 4.62. The van der Waals surface area contributed by atoms with Gasteiger partial charge in [0.15, 0.2) is 16.3 Å². The molecule has 0 unspecified atom stereocenters. The van der Waals surface area contributed by atoms with E-state index in [4.69, 9.17) is 26.4 Å². The molecule has 0 amide bonds. The number of hydrogen-bond donors (Lipinski definition) is 0. The molecule has 0 spiro atoms. The van der Waals surface area contributed by atoms with Gasteiger partial charge in [-0.2, -0.15) is 0 Å². The molecule has 1 aromatic heterocycles. The molecule has 6 heteroatoms. The van der Waals surface area contributed by atoms with Crippen molar-refractivity contribution in [1.29, 1.82) is 0 Å². The van der Waals surface area contributed by atoms with Crippen molar-refractivity contribution in [3.63, 3.8) is 0 Å². The average molecular weight is 382 g/mol. The molecule has 0 N–H and O–H groups in total. The zero-order valence-electron chi connectivity index (χ0n) is 15.7. The van der Waals surface area contributed by atoms with Gasteiger partial charge in [-0.15, -0.1) is 0 Å². The molecule has 2 aromatic carbocycles. The average Bonchev–Trinajstić information content (AvgIpc) is 2.94. The van der Waals surface area contributed by atoms with Gasteiger partial charge >= 0.3 is 0 Å². The number of methoxy groups -OCH3 is 2. The fraction of sp³-hybridized carbons (Fsp3) is 0.286. The van der Waals surface area contributed by atoms with Gasteiger partial charge in [0.1, 0.15) is 6.61 Å². The highest BCUT2D eigenvalue weighted by atomic mass is 32.1. The SMILES string of the molecule is COc1cc2c(cc1OC)Cn1c(c(OCc3ccccc3)n(C)c1=S)C2. The highest BCUT2D eigenvalue weighted by Crippen LogP contribution is 2.37. The second kappa shape index (κ2) is 7.12. The van der Waals surface area contributed by atoms with Crippen LogP contribution >= 0.6 is 12.2 Å². The Morgan fingerprint density at radius 1 is 1.00 bits per heavy atom. The van der Waals surface area contributed by atoms with Crippen LogP contribution in [0.25, 0.3) is 0 Å². The van der Waals surface area contributed by atoms with Crippen molar-refractivity contribution < 1.29 is 14.2 Å². The van der Waals surface area contributed by atoms with E-state index >= 15 is 0 Å². The normalized spacial score (nSPS) is 12.3. The number of benzene rings is 2. The van der Waals surface area contributed by atoms with Gasteiger partial charge in [0.05, 0.1) is 26.5 Å². The van der Waals surface area contributed by atoms with Gasteiger partial charge in [-0.05, 0) is 41.0 Å². The molecule has 27 heavy (non-hydrogen) atoms. The van der Waals surface area contributed by atoms with Crippen molar-refractivity contribution in [2.75, 3.05) is 14.2 Å². The standard InChI is InChI=1S/C21H22N2O3S/c1-22-20(26-13-14-7-5-4-6-8-14)17-9-15-10-18(24-2)19(25-3)11-16(15)12-23(17)21(22)27/h4-8,10-11H,9,12-13H2,1-3H3. The summed E-state index contributed by atoms with van der Waals surface area (Å²) in [5.74, 6) is 2.30. The molecule has 5 nitrogen and oxygen atoms in total. The Morgan fingerprint density at radius 3 is 2.33 bits per heavy atom. The fourth-order valence-corrected chi connectivity index (χ4v) is 3.82. The van der Waals surface area contributed by atoms with Crippen LogP contribution in [0.1, 0.15) is 22.4 Å². The van der Waals surface area contributed by atoms with Crippen molar-refractivity contribution in [2.45, 2.75) is 19.6 Å². The first-order valence-corrected chi connectivity index (χ1v) is 9.22. The van der Waals surface area contributed by atoms with Crippen molar-refractivity contribution in [3.05, 3.63) is 69.6 Å². The minimum atomic E-state index is 0.513. The molecule has 1 aliphatic rings. The first kappa shape index (κ1) is 17.7. The molecular weight excluding hydrogens is 360 g/mol. The van der Waals surface area contributed by atoms with E-state index in [1.807, 2.05) is 35.9 Å². The number of hydrogen-bond acceptors (Lipinski definition) is 4. The highest BCUT2D eigenvalue weighted by molar-refractivity contribution is 7.71. The lowest BCUT2D eigenvalue weighted by Gasteiger charge is -2.21. The van der Waals surface area contributed by atoms with Crippen LogP contribution in [0.5, 0.6) is 17.4 Å². The van der Waals surface area contributed by atoms with Crippen LogP contribution < -0.4 is 14.2 Å². The van der Waals surface area contributed by atoms with Crippen LogP contribution in [-0.4, -0.2) is 23.4 Å². The fourth-order valence-electron chi connectivity index (χ4n) is 3.56. The Balaban J connectivity index is 1.69. The van der Waals surface area contributed by atoms with Crippen LogP contribution in [0.3, 0.4) is 0 Å². The zero-order chi connectivity index (χ0) is 19.0. The van der Waals surface area contributed by atoms with E-state index < -0.39 is 0 Å². The number of fused-ring (bicyclic) bond motifs is 2. The molecule has 0 saturated heterocycles. The third-order valence-electron chi connectivity index (χ3n) is 5.01. The first-order chi connectivity index (χ1) is 13.1. The van der Waals surface area contributed by atoms with E-state index in [1.54, 1.807) is 14.2 Å². The lowest BCUT2D eigenvalue weighted by atomic mass is 9.98. The summed E-state index contributed by atoms with van der Waals surface area (Å²) in [6.07, 6.45) is 0.740. The molecule has 0 fully saturated rings. The topological polar surface area (TPSA) is 37.6 Å². The summed E-state index contributed by atoms with van der Waals surface area (Å²) >= 11 is 5.66. The van der Waals surface area contributed by atoms with Crippen LogP contribution in [0.2, 0.25) is 0 Å². The van der Waals surface area contributed by atoms with Gasteiger partial charge in [0.2, 0.25) is 5.88 Å². The summed E-state index contributed by atoms with van der Waals surface area (Å²) in [6, 6.07) is 14.2. The molecule has 0 bridgehead atoms. The summed E-state index contributed by atoms with van der Waals surface area (Å²) in [6.45, 7) is 1.21. The third kappa shape index (κ3) is 3.10. The van der Waals surface area contributed by atoms with Gasteiger partial charge in [0.25, 0.3) is 0 Å². The maximum atomic E-state index is 6.18. The number of imidazole rings is 1. The Morgan fingerprint density at radius 2 is 1.67 bits per heavy atom. The maximum absolute atomic E-state index is 6.18. The van der Waals surface area contributed by atoms with E-state index in [-0.39, 0.29) is 0 Å². The van der Waals surface area contributed by atoms with Crippen LogP contribution in [0.15, 0.2) is 42.5 Å². The van der Waals surface area contributed by atoms with Crippen LogP contribution in [0.4, 0.5) is 0 Å². The first-order valence-electron chi connectivity index (χ1n) is 8.81. The number of rotatable bonds is 5. The largest absolute Gasteiger partial charge is 0.493 e. The van der Waals surface area contributed by atoms with E-state index in [9.17, 15) is 0 Å². The van der Waals surface area contributed by atoms with Crippen molar-refractivity contribution in [2.24, 2.45) is 7.05 Å². The smallest absolute Gasteiger partial charge is 0.216 e. The van der Waals surface area contributed by atoms with E-state index in [0.29, 0.717) is 13.2 Å². The maximum Gasteiger partial charge on any atom is 0.216 e. The Labute approximate surface area is 163 Å². The summed E-state index contributed by atoms with van der Waals surface area (Å²) < 4.78 is 21.9. The second-order valence-electron chi connectivity index (χ2n) is 6.61. The third-order valence-corrected chi connectivity index (χ3v) is 5.50. The quantitative estimate of drug-likeness (QED) is 0.487. The minimum absolute atomic E-state index is 0.513. The number of ether oxygens (including phenoxy) is 3. The van der Waals surface area contributed by atoms with Crippen molar-refractivity contribution in [3.8, 4) is 17.4 Å². The number of nitrogens with zero attached hydrogens (tertiary/aromatic N) is 2. The zero-order valence-corrected chi connectivity index (χ0v) is 16.5. The van der Waals surface area contributed by atoms with Crippen molar-refractivity contribution in [1.82, 2.24) is 9.13 Å². The molecule has 3 aromatic rings. The summed E-state index contributed by atoms with van der Waals surface area (Å²) in [7, 11) is 5.27. The van der Waals surface area contributed by atoms with E-state index in [2.05, 4.69) is 22.8 Å². The van der Waals surface area contributed by atoms with Crippen LogP contribution in [-0.2, 0) is 26.6 Å². The molecule has 0 radical (unpaired) electrons. The lowest BCUT2D eigenvalue weighted by molar-refractivity contribution is 0.280. The van der Waals surface area contributed by atoms with Crippen LogP contribution in [0, 0.1) is 4.77 Å². The molecule has 140 valence electrons. The molecule has 4 rings (SSSR count). The minimum Gasteiger partial charge on any atom is -0.493 e. The summed E-state index contributed by atoms with van der Waals surface area (Å²) in [5, 5.41) is 0. The van der Waals surface area contributed by atoms with Crippen molar-refractivity contribution >= 4 is 12.2 Å². The van der Waals surface area contributed by atoms with Gasteiger partial charge in [0, 0.05) is 13.5 Å². The monoisotopic (exact) mass is 382 g/mol. The van der Waals surface area contributed by atoms with Gasteiger partial charge in [-0.1, -0.05) is 30.3 Å². The molecular formula is C21H22N2O3S. The second-order valence-corrected chi connectivity index (χ2v) is 6.97. The van der Waals surface area contributed by atoms with Gasteiger partial charge < -0.3 is 18.8 Å². The van der Waals surface area contributed by atoms with E-state index in [0.717, 1.165) is 39.8 Å². The van der Waals surface area contributed by atoms with Gasteiger partial charge in [-0.3, -0.25) is 4.57 Å². The molecule has 2 heterocycles. The Bertz CT molecular complexity index is 1040. The lowest BCUT2D eigenvalue weighted by Crippen LogP contribution is -2.15. The Hall–Kier alpha value is -2.73. The van der Waals surface area contributed by atoms with E-state index in [1.165, 1.54) is 11.1 Å². The van der Waals surface area contributed by atoms with Gasteiger partial charge in [-0.25, -0.2) is 0 Å². The predicted octanol–water partition coefficient (Wildman–Crippen LogP) is 4.10. The predicted molar refractivity (Wildman–Crippen MR) is 106 cm³/mol. The summed E-state index contributed by atoms with van der Waals surface area (Å²) in [4.78, 5) is 0. The number of aromatic nitrogens is 2. The Kier molecular flexibility index (Phi) is 4.66. The molecule has 0 saturated carbocycles.